The van der Waals surface area contributed by atoms with Crippen LogP contribution >= 0.6 is 0 Å². The summed E-state index contributed by atoms with van der Waals surface area (Å²) >= 11 is 0. The monoisotopic (exact) mass is 310 g/mol. The highest BCUT2D eigenvalue weighted by Gasteiger charge is 2.52. The minimum absolute atomic E-state index is 0.145. The highest BCUT2D eigenvalue weighted by molar-refractivity contribution is 5.85. The number of fused-ring (bicyclic) bond motifs is 3. The van der Waals surface area contributed by atoms with E-state index in [4.69, 9.17) is 4.74 Å². The maximum atomic E-state index is 11.7. The molecule has 4 nitrogen and oxygen atoms in total. The van der Waals surface area contributed by atoms with Crippen molar-refractivity contribution in [3.63, 3.8) is 0 Å². The number of rotatable bonds is 3. The second-order valence-electron chi connectivity index (χ2n) is 6.42. The molecule has 0 radical (unpaired) electrons. The lowest BCUT2D eigenvalue weighted by atomic mass is 9.83. The zero-order valence-corrected chi connectivity index (χ0v) is 12.6. The van der Waals surface area contributed by atoms with E-state index in [0.29, 0.717) is 12.0 Å². The number of aliphatic hydroxyl groups is 2. The molecule has 2 N–H and O–H groups in total. The number of aliphatic hydroxyl groups excluding tert-OH is 1. The Hall–Kier alpha value is -2.17. The molecule has 2 aliphatic rings. The van der Waals surface area contributed by atoms with Crippen LogP contribution in [-0.4, -0.2) is 34.0 Å². The van der Waals surface area contributed by atoms with Crippen LogP contribution in [-0.2, 0) is 16.0 Å². The second-order valence-corrected chi connectivity index (χ2v) is 6.42. The molecule has 0 saturated carbocycles. The molecule has 0 aromatic heterocycles. The molecule has 2 aromatic carbocycles. The maximum absolute atomic E-state index is 11.7. The molecule has 0 unspecified atom stereocenters. The first-order valence-electron chi connectivity index (χ1n) is 7.86. The maximum Gasteiger partial charge on any atom is 0.342 e. The molecule has 3 atom stereocenters. The van der Waals surface area contributed by atoms with E-state index >= 15 is 0 Å². The van der Waals surface area contributed by atoms with E-state index in [0.717, 1.165) is 12.0 Å². The Morgan fingerprint density at radius 1 is 1.13 bits per heavy atom. The Morgan fingerprint density at radius 3 is 2.74 bits per heavy atom. The molecule has 1 fully saturated rings. The highest BCUT2D eigenvalue weighted by Crippen LogP contribution is 2.38. The molecule has 23 heavy (non-hydrogen) atoms. The third-order valence-corrected chi connectivity index (χ3v) is 4.80. The lowest BCUT2D eigenvalue weighted by molar-refractivity contribution is -0.152. The number of aryl methyl sites for hydroxylation is 1. The van der Waals surface area contributed by atoms with Crippen LogP contribution in [0.2, 0.25) is 0 Å². The fourth-order valence-corrected chi connectivity index (χ4v) is 3.50. The Balaban J connectivity index is 1.55. The Bertz CT molecular complexity index is 810. The summed E-state index contributed by atoms with van der Waals surface area (Å²) in [4.78, 5) is 11.7. The van der Waals surface area contributed by atoms with Crippen molar-refractivity contribution in [1.29, 1.82) is 0 Å². The van der Waals surface area contributed by atoms with E-state index in [1.807, 2.05) is 12.1 Å². The van der Waals surface area contributed by atoms with Crippen molar-refractivity contribution in [1.82, 2.24) is 0 Å². The largest absolute Gasteiger partial charge is 0.457 e. The van der Waals surface area contributed by atoms with Crippen LogP contribution in [0.4, 0.5) is 0 Å². The number of carbonyl (C=O) groups is 1. The molecule has 2 bridgehead atoms. The Kier molecular flexibility index (Phi) is 3.25. The molecule has 1 saturated heterocycles. The molecule has 1 aliphatic carbocycles. The lowest BCUT2D eigenvalue weighted by Gasteiger charge is -2.26. The zero-order chi connectivity index (χ0) is 16.0. The molecule has 118 valence electrons. The molecule has 4 heteroatoms. The summed E-state index contributed by atoms with van der Waals surface area (Å²) in [5.74, 6) is -0.651. The number of ether oxygens (including phenoxy) is 1. The smallest absolute Gasteiger partial charge is 0.342 e. The topological polar surface area (TPSA) is 66.8 Å². The summed E-state index contributed by atoms with van der Waals surface area (Å²) in [5.41, 5.74) is 0.291. The van der Waals surface area contributed by atoms with Gasteiger partial charge in [0.15, 0.2) is 5.60 Å². The zero-order valence-electron chi connectivity index (χ0n) is 12.6. The van der Waals surface area contributed by atoms with Crippen molar-refractivity contribution in [3.8, 4) is 0 Å². The third-order valence-electron chi connectivity index (χ3n) is 4.80. The number of hydrogen-bond acceptors (Lipinski definition) is 4. The summed E-state index contributed by atoms with van der Waals surface area (Å²) in [6, 6.07) is 14.5. The normalized spacial score (nSPS) is 29.5. The molecule has 1 aliphatic heterocycles. The van der Waals surface area contributed by atoms with Gasteiger partial charge in [-0.1, -0.05) is 42.5 Å². The molecule has 4 rings (SSSR count). The first-order chi connectivity index (χ1) is 11.0. The standard InChI is InChI=1S/C19H18O4/c20-17-15(10-19(22)11-16(17)23-18(19)21)8-6-12-5-7-13-3-1-2-4-14(13)9-12/h1-5,7,9-10,16-17,20,22H,6,8,11H2/t16-,17-,19+/m1/s1. The molecular weight excluding hydrogens is 292 g/mol. The van der Waals surface area contributed by atoms with Crippen LogP contribution in [0.25, 0.3) is 10.8 Å². The fourth-order valence-electron chi connectivity index (χ4n) is 3.50. The molecule has 0 spiro atoms. The van der Waals surface area contributed by atoms with Gasteiger partial charge in [0.1, 0.15) is 12.2 Å². The van der Waals surface area contributed by atoms with Gasteiger partial charge in [0.05, 0.1) is 0 Å². The van der Waals surface area contributed by atoms with E-state index in [1.54, 1.807) is 0 Å². The SMILES string of the molecule is O=C1O[C@@H]2C[C@@]1(O)C=C(CCc1ccc3ccccc3c1)[C@H]2O. The van der Waals surface area contributed by atoms with Crippen LogP contribution in [0.3, 0.4) is 0 Å². The van der Waals surface area contributed by atoms with Crippen molar-refractivity contribution in [2.24, 2.45) is 0 Å². The van der Waals surface area contributed by atoms with Gasteiger partial charge in [0.2, 0.25) is 0 Å². The van der Waals surface area contributed by atoms with Crippen LogP contribution in [0.5, 0.6) is 0 Å². The fraction of sp³-hybridized carbons (Fsp3) is 0.316. The summed E-state index contributed by atoms with van der Waals surface area (Å²) < 4.78 is 5.05. The molecule has 1 heterocycles. The summed E-state index contributed by atoms with van der Waals surface area (Å²) in [7, 11) is 0. The first kappa shape index (κ1) is 14.4. The predicted molar refractivity (Wildman–Crippen MR) is 85.8 cm³/mol. The van der Waals surface area contributed by atoms with Crippen LogP contribution in [0.15, 0.2) is 54.1 Å². The van der Waals surface area contributed by atoms with Crippen LogP contribution in [0, 0.1) is 0 Å². The van der Waals surface area contributed by atoms with Gasteiger partial charge in [0, 0.05) is 6.42 Å². The minimum Gasteiger partial charge on any atom is -0.457 e. The van der Waals surface area contributed by atoms with E-state index in [9.17, 15) is 15.0 Å². The van der Waals surface area contributed by atoms with Gasteiger partial charge in [-0.15, -0.1) is 0 Å². The van der Waals surface area contributed by atoms with E-state index in [1.165, 1.54) is 16.8 Å². The average molecular weight is 310 g/mol. The minimum atomic E-state index is -1.55. The predicted octanol–water partition coefficient (Wildman–Crippen LogP) is 2.12. The van der Waals surface area contributed by atoms with E-state index in [2.05, 4.69) is 30.3 Å². The van der Waals surface area contributed by atoms with Gasteiger partial charge in [-0.3, -0.25) is 0 Å². The number of hydrogen-bond donors (Lipinski definition) is 2. The summed E-state index contributed by atoms with van der Waals surface area (Å²) in [6.45, 7) is 0. The van der Waals surface area contributed by atoms with Gasteiger partial charge in [-0.2, -0.15) is 0 Å². The number of esters is 1. The van der Waals surface area contributed by atoms with Crippen molar-refractivity contribution >= 4 is 16.7 Å². The van der Waals surface area contributed by atoms with E-state index in [-0.39, 0.29) is 6.42 Å². The lowest BCUT2D eigenvalue weighted by Crippen LogP contribution is -2.38. The van der Waals surface area contributed by atoms with Gasteiger partial charge >= 0.3 is 5.97 Å². The number of carbonyl (C=O) groups excluding carboxylic acids is 1. The quantitative estimate of drug-likeness (QED) is 0.673. The third kappa shape index (κ3) is 2.44. The number of benzene rings is 2. The van der Waals surface area contributed by atoms with Gasteiger partial charge in [-0.05, 0) is 40.8 Å². The van der Waals surface area contributed by atoms with Gasteiger partial charge < -0.3 is 14.9 Å². The molecule has 2 aromatic rings. The highest BCUT2D eigenvalue weighted by atomic mass is 16.6. The van der Waals surface area contributed by atoms with Crippen LogP contribution in [0.1, 0.15) is 18.4 Å². The van der Waals surface area contributed by atoms with Gasteiger partial charge in [0.25, 0.3) is 0 Å². The van der Waals surface area contributed by atoms with Crippen LogP contribution < -0.4 is 0 Å². The van der Waals surface area contributed by atoms with Gasteiger partial charge in [-0.25, -0.2) is 4.79 Å². The second kappa shape index (κ2) is 5.18. The molecule has 0 amide bonds. The average Bonchev–Trinajstić information content (AvgIpc) is 2.81. The first-order valence-corrected chi connectivity index (χ1v) is 7.86. The van der Waals surface area contributed by atoms with Crippen molar-refractivity contribution in [3.05, 3.63) is 59.7 Å². The van der Waals surface area contributed by atoms with E-state index < -0.39 is 23.8 Å². The van der Waals surface area contributed by atoms with Crippen molar-refractivity contribution in [2.75, 3.05) is 0 Å². The van der Waals surface area contributed by atoms with Crippen molar-refractivity contribution in [2.45, 2.75) is 37.1 Å². The Labute approximate surface area is 134 Å². The van der Waals surface area contributed by atoms with Crippen molar-refractivity contribution < 1.29 is 19.7 Å². The summed E-state index contributed by atoms with van der Waals surface area (Å²) in [5, 5.41) is 22.9. The molecular formula is C19H18O4. The Morgan fingerprint density at radius 2 is 1.91 bits per heavy atom. The summed E-state index contributed by atoms with van der Waals surface area (Å²) in [6.07, 6.45) is 1.53.